The molecular weight excluding hydrogens is 292 g/mol. The normalized spacial score (nSPS) is 12.0. The summed E-state index contributed by atoms with van der Waals surface area (Å²) in [6, 6.07) is 0. The van der Waals surface area contributed by atoms with Crippen molar-refractivity contribution in [2.45, 2.75) is 31.9 Å². The molecule has 0 aliphatic heterocycles. The summed E-state index contributed by atoms with van der Waals surface area (Å²) in [7, 11) is -3.26. The smallest absolute Gasteiger partial charge is 0.271 e. The molecule has 0 saturated heterocycles. The first-order valence-corrected chi connectivity index (χ1v) is 8.60. The Hall–Kier alpha value is -1.70. The van der Waals surface area contributed by atoms with Gasteiger partial charge in [-0.3, -0.25) is 9.78 Å². The Labute approximate surface area is 125 Å². The summed E-state index contributed by atoms with van der Waals surface area (Å²) in [5.74, 6) is 0.0752. The fraction of sp³-hybridized carbons (Fsp3) is 0.615. The summed E-state index contributed by atoms with van der Waals surface area (Å²) in [4.78, 5) is 20.1. The Balaban J connectivity index is 2.72. The SMILES string of the molecule is CCCNc1cncc(C(=O)NCC(C)(C)S(C)(=O)=O)n1. The van der Waals surface area contributed by atoms with E-state index in [1.165, 1.54) is 12.4 Å². The van der Waals surface area contributed by atoms with E-state index in [9.17, 15) is 13.2 Å². The number of carbonyl (C=O) groups is 1. The minimum atomic E-state index is -3.26. The van der Waals surface area contributed by atoms with E-state index in [1.807, 2.05) is 6.92 Å². The molecule has 0 saturated carbocycles. The third-order valence-electron chi connectivity index (χ3n) is 3.10. The van der Waals surface area contributed by atoms with Crippen molar-refractivity contribution < 1.29 is 13.2 Å². The highest BCUT2D eigenvalue weighted by atomic mass is 32.2. The van der Waals surface area contributed by atoms with Crippen LogP contribution in [0.25, 0.3) is 0 Å². The van der Waals surface area contributed by atoms with Gasteiger partial charge < -0.3 is 10.6 Å². The van der Waals surface area contributed by atoms with Crippen LogP contribution in [0, 0.1) is 0 Å². The molecule has 1 amide bonds. The average molecular weight is 314 g/mol. The van der Waals surface area contributed by atoms with E-state index in [-0.39, 0.29) is 12.2 Å². The maximum atomic E-state index is 12.0. The van der Waals surface area contributed by atoms with Crippen LogP contribution in [0.2, 0.25) is 0 Å². The van der Waals surface area contributed by atoms with Crippen LogP contribution in [0.4, 0.5) is 5.82 Å². The molecule has 21 heavy (non-hydrogen) atoms. The summed E-state index contributed by atoms with van der Waals surface area (Å²) in [6.07, 6.45) is 4.96. The quantitative estimate of drug-likeness (QED) is 0.774. The Morgan fingerprint density at radius 3 is 2.57 bits per heavy atom. The van der Waals surface area contributed by atoms with Crippen LogP contribution in [0.1, 0.15) is 37.7 Å². The maximum absolute atomic E-state index is 12.0. The molecule has 0 spiro atoms. The Morgan fingerprint density at radius 2 is 2.00 bits per heavy atom. The third kappa shape index (κ3) is 4.96. The zero-order chi connectivity index (χ0) is 16.1. The number of carbonyl (C=O) groups excluding carboxylic acids is 1. The second-order valence-electron chi connectivity index (χ2n) is 5.43. The van der Waals surface area contributed by atoms with E-state index in [0.29, 0.717) is 5.82 Å². The van der Waals surface area contributed by atoms with E-state index in [2.05, 4.69) is 20.6 Å². The summed E-state index contributed by atoms with van der Waals surface area (Å²) in [5, 5.41) is 5.62. The molecule has 0 unspecified atom stereocenters. The Morgan fingerprint density at radius 1 is 1.33 bits per heavy atom. The summed E-state index contributed by atoms with van der Waals surface area (Å²) in [6.45, 7) is 5.89. The number of nitrogens with one attached hydrogen (secondary N) is 2. The van der Waals surface area contributed by atoms with Gasteiger partial charge in [0, 0.05) is 19.3 Å². The highest BCUT2D eigenvalue weighted by molar-refractivity contribution is 7.92. The fourth-order valence-electron chi connectivity index (χ4n) is 1.33. The predicted molar refractivity (Wildman–Crippen MR) is 82.1 cm³/mol. The van der Waals surface area contributed by atoms with Crippen LogP contribution < -0.4 is 10.6 Å². The summed E-state index contributed by atoms with van der Waals surface area (Å²) < 4.78 is 22.1. The number of rotatable bonds is 7. The fourth-order valence-corrected chi connectivity index (χ4v) is 1.66. The minimum Gasteiger partial charge on any atom is -0.369 e. The molecule has 1 heterocycles. The molecule has 2 N–H and O–H groups in total. The molecular formula is C13H22N4O3S. The van der Waals surface area contributed by atoms with Crippen LogP contribution >= 0.6 is 0 Å². The van der Waals surface area contributed by atoms with E-state index < -0.39 is 20.5 Å². The minimum absolute atomic E-state index is 0.0129. The van der Waals surface area contributed by atoms with Gasteiger partial charge in [0.15, 0.2) is 9.84 Å². The monoisotopic (exact) mass is 314 g/mol. The van der Waals surface area contributed by atoms with Gasteiger partial charge in [0.05, 0.1) is 17.1 Å². The van der Waals surface area contributed by atoms with Gasteiger partial charge in [0.2, 0.25) is 0 Å². The lowest BCUT2D eigenvalue weighted by Crippen LogP contribution is -2.44. The lowest BCUT2D eigenvalue weighted by atomic mass is 10.2. The van der Waals surface area contributed by atoms with Gasteiger partial charge in [-0.15, -0.1) is 0 Å². The Bertz CT molecular complexity index is 599. The van der Waals surface area contributed by atoms with Crippen molar-refractivity contribution >= 4 is 21.6 Å². The van der Waals surface area contributed by atoms with Crippen molar-refractivity contribution in [3.05, 3.63) is 18.1 Å². The van der Waals surface area contributed by atoms with Crippen LogP contribution in [-0.4, -0.2) is 48.4 Å². The van der Waals surface area contributed by atoms with Crippen LogP contribution in [0.15, 0.2) is 12.4 Å². The van der Waals surface area contributed by atoms with Crippen molar-refractivity contribution in [1.82, 2.24) is 15.3 Å². The van der Waals surface area contributed by atoms with Crippen molar-refractivity contribution in [2.24, 2.45) is 0 Å². The number of nitrogens with zero attached hydrogens (tertiary/aromatic N) is 2. The van der Waals surface area contributed by atoms with Crippen molar-refractivity contribution in [3.8, 4) is 0 Å². The second-order valence-corrected chi connectivity index (χ2v) is 8.08. The Kier molecular flexibility index (Phi) is 5.65. The molecule has 0 radical (unpaired) electrons. The lowest BCUT2D eigenvalue weighted by Gasteiger charge is -2.22. The third-order valence-corrected chi connectivity index (χ3v) is 5.25. The number of hydrogen-bond donors (Lipinski definition) is 2. The van der Waals surface area contributed by atoms with E-state index in [1.54, 1.807) is 13.8 Å². The molecule has 118 valence electrons. The van der Waals surface area contributed by atoms with Crippen LogP contribution in [-0.2, 0) is 9.84 Å². The van der Waals surface area contributed by atoms with Gasteiger partial charge in [-0.2, -0.15) is 0 Å². The zero-order valence-electron chi connectivity index (χ0n) is 12.8. The molecule has 0 bridgehead atoms. The summed E-state index contributed by atoms with van der Waals surface area (Å²) in [5.41, 5.74) is 0.153. The van der Waals surface area contributed by atoms with Crippen LogP contribution in [0.5, 0.6) is 0 Å². The molecule has 1 aromatic rings. The molecule has 1 aromatic heterocycles. The first-order valence-electron chi connectivity index (χ1n) is 6.71. The van der Waals surface area contributed by atoms with E-state index >= 15 is 0 Å². The maximum Gasteiger partial charge on any atom is 0.271 e. The van der Waals surface area contributed by atoms with Crippen molar-refractivity contribution in [1.29, 1.82) is 0 Å². The van der Waals surface area contributed by atoms with E-state index in [0.717, 1.165) is 19.2 Å². The van der Waals surface area contributed by atoms with Gasteiger partial charge in [0.25, 0.3) is 5.91 Å². The van der Waals surface area contributed by atoms with Crippen molar-refractivity contribution in [2.75, 3.05) is 24.7 Å². The van der Waals surface area contributed by atoms with Gasteiger partial charge in [-0.1, -0.05) is 6.92 Å². The summed E-state index contributed by atoms with van der Waals surface area (Å²) >= 11 is 0. The number of amides is 1. The highest BCUT2D eigenvalue weighted by Crippen LogP contribution is 2.13. The number of aromatic nitrogens is 2. The molecule has 0 atom stereocenters. The molecule has 1 rings (SSSR count). The van der Waals surface area contributed by atoms with Crippen LogP contribution in [0.3, 0.4) is 0 Å². The van der Waals surface area contributed by atoms with Gasteiger partial charge >= 0.3 is 0 Å². The molecule has 0 aliphatic carbocycles. The number of anilines is 1. The number of sulfone groups is 1. The first kappa shape index (κ1) is 17.4. The van der Waals surface area contributed by atoms with Crippen molar-refractivity contribution in [3.63, 3.8) is 0 Å². The standard InChI is InChI=1S/C13H22N4O3S/c1-5-6-15-11-8-14-7-10(17-11)12(18)16-9-13(2,3)21(4,19)20/h7-8H,5-6,9H2,1-4H3,(H,15,17)(H,16,18). The van der Waals surface area contributed by atoms with Gasteiger partial charge in [0.1, 0.15) is 11.5 Å². The van der Waals surface area contributed by atoms with E-state index in [4.69, 9.17) is 0 Å². The molecule has 8 heteroatoms. The van der Waals surface area contributed by atoms with Gasteiger partial charge in [-0.05, 0) is 20.3 Å². The highest BCUT2D eigenvalue weighted by Gasteiger charge is 2.30. The topological polar surface area (TPSA) is 101 Å². The first-order chi connectivity index (χ1) is 9.67. The second kappa shape index (κ2) is 6.84. The predicted octanol–water partition coefficient (Wildman–Crippen LogP) is 0.851. The molecule has 7 nitrogen and oxygen atoms in total. The molecule has 0 aromatic carbocycles. The largest absolute Gasteiger partial charge is 0.369 e. The zero-order valence-corrected chi connectivity index (χ0v) is 13.6. The number of hydrogen-bond acceptors (Lipinski definition) is 6. The molecule has 0 aliphatic rings. The van der Waals surface area contributed by atoms with Gasteiger partial charge in [-0.25, -0.2) is 13.4 Å². The molecule has 0 fully saturated rings. The average Bonchev–Trinajstić information content (AvgIpc) is 2.41. The lowest BCUT2D eigenvalue weighted by molar-refractivity contribution is 0.0945.